The van der Waals surface area contributed by atoms with Gasteiger partial charge in [0.05, 0.1) is 12.3 Å². The van der Waals surface area contributed by atoms with Gasteiger partial charge in [0.25, 0.3) is 0 Å². The Kier molecular flexibility index (Phi) is 6.06. The number of rotatable bonds is 8. The molecule has 0 aliphatic carbocycles. The predicted molar refractivity (Wildman–Crippen MR) is 91.4 cm³/mol. The van der Waals surface area contributed by atoms with Crippen LogP contribution in [0.3, 0.4) is 0 Å². The van der Waals surface area contributed by atoms with E-state index in [4.69, 9.17) is 9.72 Å². The SMILES string of the molecule is CCC(CC)N(CCOC)c1nc2ccccn2c1CBr. The second kappa shape index (κ2) is 7.80. The van der Waals surface area contributed by atoms with Crippen molar-refractivity contribution in [2.75, 3.05) is 25.2 Å². The number of halogens is 1. The fourth-order valence-corrected chi connectivity index (χ4v) is 3.29. The lowest BCUT2D eigenvalue weighted by atomic mass is 10.1. The normalized spacial score (nSPS) is 11.5. The van der Waals surface area contributed by atoms with Crippen LogP contribution < -0.4 is 4.90 Å². The maximum atomic E-state index is 5.29. The van der Waals surface area contributed by atoms with Gasteiger partial charge in [-0.15, -0.1) is 0 Å². The number of hydrogen-bond acceptors (Lipinski definition) is 3. The monoisotopic (exact) mass is 353 g/mol. The highest BCUT2D eigenvalue weighted by molar-refractivity contribution is 9.08. The zero-order valence-electron chi connectivity index (χ0n) is 13.1. The van der Waals surface area contributed by atoms with Crippen LogP contribution in [0.15, 0.2) is 24.4 Å². The van der Waals surface area contributed by atoms with Crippen LogP contribution in [0, 0.1) is 0 Å². The van der Waals surface area contributed by atoms with E-state index >= 15 is 0 Å². The summed E-state index contributed by atoms with van der Waals surface area (Å²) in [5.74, 6) is 1.07. The number of imidazole rings is 1. The third-order valence-corrected chi connectivity index (χ3v) is 4.46. The lowest BCUT2D eigenvalue weighted by Crippen LogP contribution is -2.38. The number of ether oxygens (including phenoxy) is 1. The second-order valence-electron chi connectivity index (χ2n) is 5.10. The first-order chi connectivity index (χ1) is 10.3. The van der Waals surface area contributed by atoms with Crippen LogP contribution in [-0.2, 0) is 10.1 Å². The number of aromatic nitrogens is 2. The average Bonchev–Trinajstić information content (AvgIpc) is 2.89. The number of hydrogen-bond donors (Lipinski definition) is 0. The van der Waals surface area contributed by atoms with Crippen molar-refractivity contribution in [3.63, 3.8) is 0 Å². The van der Waals surface area contributed by atoms with Crippen LogP contribution in [0.2, 0.25) is 0 Å². The molecule has 116 valence electrons. The standard InChI is InChI=1S/C16H24BrN3O/c1-4-13(5-2)19(10-11-21-3)16-14(12-17)20-9-7-6-8-15(20)18-16/h6-9,13H,4-5,10-12H2,1-3H3. The molecule has 0 fully saturated rings. The minimum Gasteiger partial charge on any atom is -0.383 e. The van der Waals surface area contributed by atoms with Gasteiger partial charge in [-0.3, -0.25) is 0 Å². The number of methoxy groups -OCH3 is 1. The summed E-state index contributed by atoms with van der Waals surface area (Å²) >= 11 is 3.62. The highest BCUT2D eigenvalue weighted by Crippen LogP contribution is 2.27. The van der Waals surface area contributed by atoms with E-state index < -0.39 is 0 Å². The molecule has 0 spiro atoms. The van der Waals surface area contributed by atoms with Gasteiger partial charge in [0.2, 0.25) is 0 Å². The summed E-state index contributed by atoms with van der Waals surface area (Å²) in [5, 5.41) is 0.789. The molecule has 2 aromatic heterocycles. The Hall–Kier alpha value is -1.07. The molecule has 0 aliphatic rings. The molecule has 2 rings (SSSR count). The summed E-state index contributed by atoms with van der Waals surface area (Å²) < 4.78 is 7.45. The van der Waals surface area contributed by atoms with E-state index in [-0.39, 0.29) is 0 Å². The van der Waals surface area contributed by atoms with E-state index in [2.05, 4.69) is 51.3 Å². The Balaban J connectivity index is 2.47. The maximum absolute atomic E-state index is 5.29. The summed E-state index contributed by atoms with van der Waals surface area (Å²) in [6.07, 6.45) is 4.29. The topological polar surface area (TPSA) is 29.8 Å². The summed E-state index contributed by atoms with van der Waals surface area (Å²) in [6, 6.07) is 6.61. The maximum Gasteiger partial charge on any atom is 0.152 e. The minimum absolute atomic E-state index is 0.489. The minimum atomic E-state index is 0.489. The van der Waals surface area contributed by atoms with Crippen molar-refractivity contribution < 1.29 is 4.74 Å². The lowest BCUT2D eigenvalue weighted by Gasteiger charge is -2.31. The molecule has 0 atom stereocenters. The summed E-state index contributed by atoms with van der Waals surface area (Å²) in [6.45, 7) is 6.05. The van der Waals surface area contributed by atoms with E-state index in [9.17, 15) is 0 Å². The molecule has 2 aromatic rings. The van der Waals surface area contributed by atoms with Crippen LogP contribution in [0.5, 0.6) is 0 Å². The quantitative estimate of drug-likeness (QED) is 0.674. The predicted octanol–water partition coefficient (Wildman–Crippen LogP) is 3.87. The van der Waals surface area contributed by atoms with E-state index in [0.29, 0.717) is 12.6 Å². The highest BCUT2D eigenvalue weighted by Gasteiger charge is 2.22. The van der Waals surface area contributed by atoms with E-state index in [0.717, 1.165) is 36.2 Å². The third-order valence-electron chi connectivity index (χ3n) is 3.93. The Morgan fingerprint density at radius 3 is 2.71 bits per heavy atom. The van der Waals surface area contributed by atoms with Crippen molar-refractivity contribution >= 4 is 27.4 Å². The Morgan fingerprint density at radius 1 is 1.33 bits per heavy atom. The highest BCUT2D eigenvalue weighted by atomic mass is 79.9. The molecule has 0 bridgehead atoms. The van der Waals surface area contributed by atoms with Gasteiger partial charge in [0.1, 0.15) is 5.65 Å². The zero-order chi connectivity index (χ0) is 15.2. The van der Waals surface area contributed by atoms with Gasteiger partial charge < -0.3 is 14.0 Å². The zero-order valence-corrected chi connectivity index (χ0v) is 14.6. The molecule has 0 aromatic carbocycles. The number of alkyl halides is 1. The first kappa shape index (κ1) is 16.3. The van der Waals surface area contributed by atoms with E-state index in [1.807, 2.05) is 12.1 Å². The van der Waals surface area contributed by atoms with Crippen molar-refractivity contribution in [1.82, 2.24) is 9.38 Å². The number of fused-ring (bicyclic) bond motifs is 1. The molecule has 0 radical (unpaired) electrons. The largest absolute Gasteiger partial charge is 0.383 e. The Bertz CT molecular complexity index is 566. The van der Waals surface area contributed by atoms with Gasteiger partial charge in [0, 0.05) is 31.2 Å². The van der Waals surface area contributed by atoms with Crippen molar-refractivity contribution in [2.24, 2.45) is 0 Å². The lowest BCUT2D eigenvalue weighted by molar-refractivity contribution is 0.202. The van der Waals surface area contributed by atoms with Gasteiger partial charge in [-0.05, 0) is 25.0 Å². The van der Waals surface area contributed by atoms with E-state index in [1.54, 1.807) is 7.11 Å². The molecule has 0 aliphatic heterocycles. The fraction of sp³-hybridized carbons (Fsp3) is 0.562. The van der Waals surface area contributed by atoms with Gasteiger partial charge in [0.15, 0.2) is 5.82 Å². The molecular weight excluding hydrogens is 330 g/mol. The van der Waals surface area contributed by atoms with Crippen LogP contribution >= 0.6 is 15.9 Å². The summed E-state index contributed by atoms with van der Waals surface area (Å²) in [5.41, 5.74) is 2.20. The Labute approximate surface area is 135 Å². The summed E-state index contributed by atoms with van der Waals surface area (Å²) in [4.78, 5) is 7.25. The van der Waals surface area contributed by atoms with E-state index in [1.165, 1.54) is 5.69 Å². The molecule has 4 nitrogen and oxygen atoms in total. The molecule has 0 unspecified atom stereocenters. The van der Waals surface area contributed by atoms with Crippen molar-refractivity contribution in [3.8, 4) is 0 Å². The molecule has 0 amide bonds. The second-order valence-corrected chi connectivity index (χ2v) is 5.66. The molecule has 0 saturated carbocycles. The van der Waals surface area contributed by atoms with Crippen molar-refractivity contribution in [3.05, 3.63) is 30.1 Å². The smallest absolute Gasteiger partial charge is 0.152 e. The molecule has 2 heterocycles. The summed E-state index contributed by atoms with van der Waals surface area (Å²) in [7, 11) is 1.75. The first-order valence-electron chi connectivity index (χ1n) is 7.54. The van der Waals surface area contributed by atoms with Crippen LogP contribution in [0.25, 0.3) is 5.65 Å². The van der Waals surface area contributed by atoms with Gasteiger partial charge in [-0.1, -0.05) is 35.8 Å². The Morgan fingerprint density at radius 2 is 2.10 bits per heavy atom. The van der Waals surface area contributed by atoms with Gasteiger partial charge >= 0.3 is 0 Å². The molecule has 0 saturated heterocycles. The molecule has 21 heavy (non-hydrogen) atoms. The third kappa shape index (κ3) is 3.40. The number of nitrogens with zero attached hydrogens (tertiary/aromatic N) is 3. The molecule has 0 N–H and O–H groups in total. The van der Waals surface area contributed by atoms with Crippen molar-refractivity contribution in [1.29, 1.82) is 0 Å². The average molecular weight is 354 g/mol. The van der Waals surface area contributed by atoms with Crippen LogP contribution in [-0.4, -0.2) is 35.7 Å². The fourth-order valence-electron chi connectivity index (χ4n) is 2.77. The number of pyridine rings is 1. The van der Waals surface area contributed by atoms with Crippen LogP contribution in [0.4, 0.5) is 5.82 Å². The van der Waals surface area contributed by atoms with Gasteiger partial charge in [-0.2, -0.15) is 0 Å². The van der Waals surface area contributed by atoms with Crippen LogP contribution in [0.1, 0.15) is 32.4 Å². The van der Waals surface area contributed by atoms with Gasteiger partial charge in [-0.25, -0.2) is 4.98 Å². The first-order valence-corrected chi connectivity index (χ1v) is 8.66. The molecule has 5 heteroatoms. The molecular formula is C16H24BrN3O. The number of anilines is 1. The van der Waals surface area contributed by atoms with Crippen molar-refractivity contribution in [2.45, 2.75) is 38.1 Å².